The van der Waals surface area contributed by atoms with Crippen LogP contribution >= 0.6 is 0 Å². The smallest absolute Gasteiger partial charge is 0.355 e. The number of ether oxygens (including phenoxy) is 3. The van der Waals surface area contributed by atoms with E-state index in [-0.39, 0.29) is 30.3 Å². The maximum absolute atomic E-state index is 12.3. The molecule has 2 N–H and O–H groups in total. The van der Waals surface area contributed by atoms with Gasteiger partial charge in [-0.2, -0.15) is 0 Å². The molecule has 26 heavy (non-hydrogen) atoms. The molecule has 9 nitrogen and oxygen atoms in total. The summed E-state index contributed by atoms with van der Waals surface area (Å²) in [6, 6.07) is 6.54. The Morgan fingerprint density at radius 3 is 2.58 bits per heavy atom. The molecule has 9 heteroatoms. The Bertz CT molecular complexity index is 928. The average molecular weight is 360 g/mol. The van der Waals surface area contributed by atoms with Crippen molar-refractivity contribution < 1.29 is 33.7 Å². The highest BCUT2D eigenvalue weighted by Gasteiger charge is 2.33. The Balaban J connectivity index is 2.20. The van der Waals surface area contributed by atoms with E-state index in [2.05, 4.69) is 4.98 Å². The zero-order valence-corrected chi connectivity index (χ0v) is 14.1. The number of carbonyl (C=O) groups is 3. The van der Waals surface area contributed by atoms with Gasteiger partial charge in [-0.25, -0.2) is 14.4 Å². The lowest BCUT2D eigenvalue weighted by Gasteiger charge is -2.31. The first-order chi connectivity index (χ1) is 12.5. The summed E-state index contributed by atoms with van der Waals surface area (Å²) < 4.78 is 15.0. The summed E-state index contributed by atoms with van der Waals surface area (Å²) in [6.45, 7) is -0.116. The zero-order valence-electron chi connectivity index (χ0n) is 14.1. The molecule has 136 valence electrons. The highest BCUT2D eigenvalue weighted by atomic mass is 16.5. The number of carboxylic acids is 1. The summed E-state index contributed by atoms with van der Waals surface area (Å²) in [4.78, 5) is 39.9. The van der Waals surface area contributed by atoms with Crippen LogP contribution in [0.25, 0.3) is 10.9 Å². The van der Waals surface area contributed by atoms with Gasteiger partial charge in [-0.15, -0.1) is 0 Å². The molecule has 0 unspecified atom stereocenters. The molecule has 0 saturated carbocycles. The van der Waals surface area contributed by atoms with E-state index in [0.29, 0.717) is 16.6 Å². The van der Waals surface area contributed by atoms with Crippen molar-refractivity contribution in [2.75, 3.05) is 32.5 Å². The number of anilines is 1. The van der Waals surface area contributed by atoms with Gasteiger partial charge in [0.15, 0.2) is 0 Å². The van der Waals surface area contributed by atoms with Crippen molar-refractivity contribution in [3.63, 3.8) is 0 Å². The third-order valence-electron chi connectivity index (χ3n) is 4.00. The maximum atomic E-state index is 12.3. The second-order valence-electron chi connectivity index (χ2n) is 5.44. The molecule has 2 heterocycles. The fraction of sp³-hybridized carbons (Fsp3) is 0.235. The number of benzene rings is 1. The van der Waals surface area contributed by atoms with Gasteiger partial charge in [-0.3, -0.25) is 0 Å². The highest BCUT2D eigenvalue weighted by Crippen LogP contribution is 2.33. The van der Waals surface area contributed by atoms with Crippen molar-refractivity contribution in [2.24, 2.45) is 0 Å². The number of carboxylic acid groups (broad SMARTS) is 1. The number of methoxy groups -OCH3 is 2. The topological polar surface area (TPSA) is 118 Å². The lowest BCUT2D eigenvalue weighted by atomic mass is 10.1. The summed E-state index contributed by atoms with van der Waals surface area (Å²) >= 11 is 0. The number of nitrogens with one attached hydrogen (secondary N) is 1. The Kier molecular flexibility index (Phi) is 4.63. The Morgan fingerprint density at radius 1 is 1.19 bits per heavy atom. The van der Waals surface area contributed by atoms with E-state index < -0.39 is 17.9 Å². The van der Waals surface area contributed by atoms with Crippen molar-refractivity contribution >= 4 is 34.5 Å². The molecule has 1 aromatic carbocycles. The van der Waals surface area contributed by atoms with Crippen molar-refractivity contribution in [3.05, 3.63) is 41.2 Å². The Morgan fingerprint density at radius 2 is 1.92 bits per heavy atom. The van der Waals surface area contributed by atoms with Crippen LogP contribution in [0.5, 0.6) is 0 Å². The number of aromatic amines is 1. The first-order valence-corrected chi connectivity index (χ1v) is 7.58. The van der Waals surface area contributed by atoms with E-state index in [4.69, 9.17) is 14.2 Å². The summed E-state index contributed by atoms with van der Waals surface area (Å²) in [5.41, 5.74) is 1.08. The number of hydrogen-bond acceptors (Lipinski definition) is 7. The number of rotatable bonds is 4. The summed E-state index contributed by atoms with van der Waals surface area (Å²) in [5, 5.41) is 9.75. The van der Waals surface area contributed by atoms with Crippen LogP contribution in [0.15, 0.2) is 35.5 Å². The van der Waals surface area contributed by atoms with Crippen LogP contribution in [0.2, 0.25) is 0 Å². The molecule has 0 saturated heterocycles. The number of hydrogen-bond donors (Lipinski definition) is 2. The van der Waals surface area contributed by atoms with E-state index in [1.165, 1.54) is 25.2 Å². The van der Waals surface area contributed by atoms with Crippen LogP contribution < -0.4 is 4.90 Å². The number of aromatic carboxylic acids is 1. The molecule has 3 rings (SSSR count). The molecule has 0 bridgehead atoms. The molecule has 0 aliphatic carbocycles. The number of carbonyl (C=O) groups excluding carboxylic acids is 2. The van der Waals surface area contributed by atoms with E-state index in [1.807, 2.05) is 0 Å². The van der Waals surface area contributed by atoms with Crippen LogP contribution in [-0.2, 0) is 23.8 Å². The molecule has 0 atom stereocenters. The third-order valence-corrected chi connectivity index (χ3v) is 4.00. The first kappa shape index (κ1) is 17.5. The van der Waals surface area contributed by atoms with Gasteiger partial charge in [-0.05, 0) is 18.2 Å². The first-order valence-electron chi connectivity index (χ1n) is 7.58. The monoisotopic (exact) mass is 360 g/mol. The molecule has 0 amide bonds. The fourth-order valence-electron chi connectivity index (χ4n) is 2.82. The average Bonchev–Trinajstić information content (AvgIpc) is 3.10. The van der Waals surface area contributed by atoms with Gasteiger partial charge >= 0.3 is 17.9 Å². The summed E-state index contributed by atoms with van der Waals surface area (Å²) in [5.74, 6) is -2.54. The maximum Gasteiger partial charge on any atom is 0.355 e. The summed E-state index contributed by atoms with van der Waals surface area (Å²) in [7, 11) is 2.41. The van der Waals surface area contributed by atoms with Crippen LogP contribution in [-0.4, -0.2) is 55.6 Å². The van der Waals surface area contributed by atoms with E-state index in [1.54, 1.807) is 18.2 Å². The van der Waals surface area contributed by atoms with Crippen molar-refractivity contribution in [1.29, 1.82) is 0 Å². The lowest BCUT2D eigenvalue weighted by Crippen LogP contribution is -2.38. The van der Waals surface area contributed by atoms with Gasteiger partial charge in [0.2, 0.25) is 0 Å². The minimum absolute atomic E-state index is 0.00201. The van der Waals surface area contributed by atoms with Crippen molar-refractivity contribution in [2.45, 2.75) is 0 Å². The predicted molar refractivity (Wildman–Crippen MR) is 89.6 cm³/mol. The van der Waals surface area contributed by atoms with E-state index in [0.717, 1.165) is 0 Å². The van der Waals surface area contributed by atoms with Crippen molar-refractivity contribution in [1.82, 2.24) is 4.98 Å². The second-order valence-corrected chi connectivity index (χ2v) is 5.44. The fourth-order valence-corrected chi connectivity index (χ4v) is 2.82. The van der Waals surface area contributed by atoms with Gasteiger partial charge in [0, 0.05) is 10.9 Å². The van der Waals surface area contributed by atoms with Crippen LogP contribution in [0.1, 0.15) is 10.5 Å². The minimum Gasteiger partial charge on any atom is -0.477 e. The molecule has 1 aliphatic heterocycles. The quantitative estimate of drug-likeness (QED) is 0.783. The van der Waals surface area contributed by atoms with Crippen LogP contribution in [0.3, 0.4) is 0 Å². The minimum atomic E-state index is -1.11. The number of aromatic nitrogens is 1. The number of nitrogens with zero attached hydrogens (tertiary/aromatic N) is 1. The van der Waals surface area contributed by atoms with Gasteiger partial charge in [0.25, 0.3) is 0 Å². The molecule has 0 fully saturated rings. The van der Waals surface area contributed by atoms with Crippen LogP contribution in [0.4, 0.5) is 5.69 Å². The largest absolute Gasteiger partial charge is 0.477 e. The molecule has 2 aromatic rings. The standard InChI is InChI=1S/C17H16N2O7/c1-24-16(22)10-7-26-8-19(14(10)17(23)25-2)13-5-3-4-11-9(13)6-12(18-11)15(20)21/h3-6,18H,7-8H2,1-2H3,(H,20,21). The van der Waals surface area contributed by atoms with Gasteiger partial charge < -0.3 is 29.2 Å². The Hall–Kier alpha value is -3.33. The SMILES string of the molecule is COC(=O)C1=C(C(=O)OC)N(c2cccc3[nH]c(C(=O)O)cc23)COC1. The Labute approximate surface area is 147 Å². The van der Waals surface area contributed by atoms with Gasteiger partial charge in [-0.1, -0.05) is 6.07 Å². The number of esters is 2. The molecule has 1 aliphatic rings. The van der Waals surface area contributed by atoms with E-state index in [9.17, 15) is 19.5 Å². The molecule has 1 aromatic heterocycles. The third kappa shape index (κ3) is 2.88. The van der Waals surface area contributed by atoms with Crippen molar-refractivity contribution in [3.8, 4) is 0 Å². The lowest BCUT2D eigenvalue weighted by molar-refractivity contribution is -0.140. The number of fused-ring (bicyclic) bond motifs is 1. The molecule has 0 radical (unpaired) electrons. The second kappa shape index (κ2) is 6.89. The van der Waals surface area contributed by atoms with Crippen LogP contribution in [0, 0.1) is 0 Å². The normalized spacial score (nSPS) is 14.5. The van der Waals surface area contributed by atoms with E-state index >= 15 is 0 Å². The molecular formula is C17H16N2O7. The number of H-pyrrole nitrogens is 1. The van der Waals surface area contributed by atoms with Gasteiger partial charge in [0.1, 0.15) is 18.1 Å². The predicted octanol–water partition coefficient (Wildman–Crippen LogP) is 1.26. The summed E-state index contributed by atoms with van der Waals surface area (Å²) in [6.07, 6.45) is 0. The highest BCUT2D eigenvalue weighted by molar-refractivity contribution is 6.06. The molecular weight excluding hydrogens is 344 g/mol. The zero-order chi connectivity index (χ0) is 18.8. The van der Waals surface area contributed by atoms with Gasteiger partial charge in [0.05, 0.1) is 32.1 Å². The molecule has 0 spiro atoms.